The monoisotopic (exact) mass is 238 g/mol. The summed E-state index contributed by atoms with van der Waals surface area (Å²) in [5.41, 5.74) is -0.434. The number of rotatable bonds is 8. The van der Waals surface area contributed by atoms with Gasteiger partial charge in [-0.3, -0.25) is 4.79 Å². The second kappa shape index (κ2) is 7.65. The highest BCUT2D eigenvalue weighted by atomic mass is 16.5. The third-order valence-corrected chi connectivity index (χ3v) is 3.87. The molecule has 0 atom stereocenters. The molecule has 0 aromatic heterocycles. The lowest BCUT2D eigenvalue weighted by molar-refractivity contribution is -0.145. The highest BCUT2D eigenvalue weighted by molar-refractivity contribution is 5.87. The van der Waals surface area contributed by atoms with E-state index in [1.54, 1.807) is 7.11 Å². The second-order valence-corrected chi connectivity index (χ2v) is 5.07. The van der Waals surface area contributed by atoms with Crippen molar-refractivity contribution in [2.24, 2.45) is 0 Å². The number of allylic oxidation sites excluding steroid dienone is 1. The Bertz CT molecular complexity index is 239. The van der Waals surface area contributed by atoms with Crippen molar-refractivity contribution in [3.8, 4) is 0 Å². The van der Waals surface area contributed by atoms with E-state index in [1.165, 1.54) is 6.42 Å². The lowest BCUT2D eigenvalue weighted by atomic mass is 9.80. The molecule has 0 aliphatic heterocycles. The van der Waals surface area contributed by atoms with Crippen molar-refractivity contribution in [1.29, 1.82) is 0 Å². The predicted octanol–water partition coefficient (Wildman–Crippen LogP) is 4.04. The Kier molecular flexibility index (Phi) is 6.49. The summed E-state index contributed by atoms with van der Waals surface area (Å²) in [4.78, 5) is 12.2. The summed E-state index contributed by atoms with van der Waals surface area (Å²) in [7, 11) is 1.70. The molecule has 1 rings (SSSR count). The minimum Gasteiger partial charge on any atom is -0.370 e. The third-order valence-electron chi connectivity index (χ3n) is 3.87. The van der Waals surface area contributed by atoms with Crippen molar-refractivity contribution in [2.45, 2.75) is 69.8 Å². The van der Waals surface area contributed by atoms with Crippen LogP contribution in [0.3, 0.4) is 0 Å². The fourth-order valence-electron chi connectivity index (χ4n) is 2.70. The molecule has 2 nitrogen and oxygen atoms in total. The first-order valence-electron chi connectivity index (χ1n) is 6.94. The van der Waals surface area contributed by atoms with Crippen LogP contribution in [0, 0.1) is 0 Å². The molecule has 0 aromatic carbocycles. The Morgan fingerprint density at radius 3 is 2.53 bits per heavy atom. The fourth-order valence-corrected chi connectivity index (χ4v) is 2.70. The van der Waals surface area contributed by atoms with Crippen LogP contribution in [0.2, 0.25) is 0 Å². The summed E-state index contributed by atoms with van der Waals surface area (Å²) in [6.07, 6.45) is 12.3. The summed E-state index contributed by atoms with van der Waals surface area (Å²) in [5, 5.41) is 0. The summed E-state index contributed by atoms with van der Waals surface area (Å²) in [5.74, 6) is 0.332. The van der Waals surface area contributed by atoms with Crippen LogP contribution in [-0.2, 0) is 9.53 Å². The molecule has 0 spiro atoms. The molecule has 0 N–H and O–H groups in total. The van der Waals surface area contributed by atoms with Gasteiger partial charge < -0.3 is 4.74 Å². The van der Waals surface area contributed by atoms with E-state index in [9.17, 15) is 4.79 Å². The molecule has 0 saturated heterocycles. The zero-order valence-corrected chi connectivity index (χ0v) is 11.2. The molecule has 1 saturated carbocycles. The average molecular weight is 238 g/mol. The van der Waals surface area contributed by atoms with E-state index in [4.69, 9.17) is 4.74 Å². The van der Waals surface area contributed by atoms with Crippen LogP contribution in [0.5, 0.6) is 0 Å². The van der Waals surface area contributed by atoms with Crippen molar-refractivity contribution in [3.05, 3.63) is 12.7 Å². The normalized spacial score (nSPS) is 18.9. The van der Waals surface area contributed by atoms with E-state index in [1.807, 2.05) is 6.08 Å². The Hall–Kier alpha value is -0.630. The van der Waals surface area contributed by atoms with Crippen molar-refractivity contribution < 1.29 is 9.53 Å². The quantitative estimate of drug-likeness (QED) is 0.471. The van der Waals surface area contributed by atoms with E-state index >= 15 is 0 Å². The number of carbonyl (C=O) groups excluding carboxylic acids is 1. The van der Waals surface area contributed by atoms with E-state index in [0.717, 1.165) is 51.4 Å². The van der Waals surface area contributed by atoms with Crippen LogP contribution in [0.1, 0.15) is 64.2 Å². The number of hydrogen-bond donors (Lipinski definition) is 0. The SMILES string of the molecule is C=CCCCCCC(=O)C1(OC)CCCCC1. The largest absolute Gasteiger partial charge is 0.370 e. The molecule has 0 aromatic rings. The van der Waals surface area contributed by atoms with Crippen LogP contribution in [0.15, 0.2) is 12.7 Å². The maximum Gasteiger partial charge on any atom is 0.164 e. The molecule has 0 bridgehead atoms. The number of methoxy groups -OCH3 is 1. The molecular formula is C15H26O2. The van der Waals surface area contributed by atoms with Gasteiger partial charge in [-0.15, -0.1) is 6.58 Å². The predicted molar refractivity (Wildman–Crippen MR) is 71.1 cm³/mol. The van der Waals surface area contributed by atoms with Gasteiger partial charge in [0, 0.05) is 13.5 Å². The Morgan fingerprint density at radius 1 is 1.24 bits per heavy atom. The Balaban J connectivity index is 2.30. The first-order chi connectivity index (χ1) is 8.25. The zero-order valence-electron chi connectivity index (χ0n) is 11.2. The number of carbonyl (C=O) groups is 1. The second-order valence-electron chi connectivity index (χ2n) is 5.07. The number of hydrogen-bond acceptors (Lipinski definition) is 2. The van der Waals surface area contributed by atoms with Gasteiger partial charge in [0.1, 0.15) is 5.60 Å². The average Bonchev–Trinajstić information content (AvgIpc) is 2.39. The van der Waals surface area contributed by atoms with Crippen molar-refractivity contribution in [1.82, 2.24) is 0 Å². The fraction of sp³-hybridized carbons (Fsp3) is 0.800. The third kappa shape index (κ3) is 4.27. The molecule has 1 aliphatic rings. The van der Waals surface area contributed by atoms with Crippen LogP contribution in [0.4, 0.5) is 0 Å². The molecular weight excluding hydrogens is 212 g/mol. The number of ketones is 1. The van der Waals surface area contributed by atoms with Gasteiger partial charge in [0.15, 0.2) is 5.78 Å². The first kappa shape index (κ1) is 14.4. The van der Waals surface area contributed by atoms with E-state index in [2.05, 4.69) is 6.58 Å². The lowest BCUT2D eigenvalue weighted by Gasteiger charge is -2.34. The van der Waals surface area contributed by atoms with Gasteiger partial charge in [0.2, 0.25) is 0 Å². The van der Waals surface area contributed by atoms with Crippen molar-refractivity contribution in [2.75, 3.05) is 7.11 Å². The molecule has 2 heteroatoms. The number of Topliss-reactive ketones (excluding diaryl/α,β-unsaturated/α-hetero) is 1. The van der Waals surface area contributed by atoms with E-state index in [0.29, 0.717) is 12.2 Å². The molecule has 1 fully saturated rings. The van der Waals surface area contributed by atoms with Crippen molar-refractivity contribution in [3.63, 3.8) is 0 Å². The van der Waals surface area contributed by atoms with Gasteiger partial charge in [-0.1, -0.05) is 31.8 Å². The molecule has 0 amide bonds. The summed E-state index contributed by atoms with van der Waals surface area (Å²) in [6.45, 7) is 3.70. The summed E-state index contributed by atoms with van der Waals surface area (Å²) >= 11 is 0. The summed E-state index contributed by atoms with van der Waals surface area (Å²) in [6, 6.07) is 0. The zero-order chi connectivity index (χ0) is 12.6. The van der Waals surface area contributed by atoms with Gasteiger partial charge in [-0.25, -0.2) is 0 Å². The standard InChI is InChI=1S/C15H26O2/c1-3-4-5-6-8-11-14(16)15(17-2)12-9-7-10-13-15/h3H,1,4-13H2,2H3. The maximum atomic E-state index is 12.2. The first-order valence-corrected chi connectivity index (χ1v) is 6.94. The number of unbranched alkanes of at least 4 members (excludes halogenated alkanes) is 3. The van der Waals surface area contributed by atoms with Gasteiger partial charge in [-0.2, -0.15) is 0 Å². The maximum absolute atomic E-state index is 12.2. The van der Waals surface area contributed by atoms with Crippen LogP contribution in [-0.4, -0.2) is 18.5 Å². The lowest BCUT2D eigenvalue weighted by Crippen LogP contribution is -2.42. The minimum atomic E-state index is -0.434. The number of ether oxygens (including phenoxy) is 1. The Labute approximate surface area is 105 Å². The van der Waals surface area contributed by atoms with Gasteiger partial charge >= 0.3 is 0 Å². The molecule has 17 heavy (non-hydrogen) atoms. The molecule has 98 valence electrons. The van der Waals surface area contributed by atoms with E-state index < -0.39 is 5.60 Å². The topological polar surface area (TPSA) is 26.3 Å². The van der Waals surface area contributed by atoms with Gasteiger partial charge in [-0.05, 0) is 32.1 Å². The van der Waals surface area contributed by atoms with Crippen LogP contribution in [0.25, 0.3) is 0 Å². The van der Waals surface area contributed by atoms with Crippen LogP contribution >= 0.6 is 0 Å². The van der Waals surface area contributed by atoms with Crippen molar-refractivity contribution >= 4 is 5.78 Å². The summed E-state index contributed by atoms with van der Waals surface area (Å²) < 4.78 is 5.55. The van der Waals surface area contributed by atoms with E-state index in [-0.39, 0.29) is 0 Å². The molecule has 1 aliphatic carbocycles. The van der Waals surface area contributed by atoms with Gasteiger partial charge in [0.05, 0.1) is 0 Å². The highest BCUT2D eigenvalue weighted by Gasteiger charge is 2.38. The van der Waals surface area contributed by atoms with Crippen LogP contribution < -0.4 is 0 Å². The van der Waals surface area contributed by atoms with Gasteiger partial charge in [0.25, 0.3) is 0 Å². The highest BCUT2D eigenvalue weighted by Crippen LogP contribution is 2.33. The molecule has 0 heterocycles. The smallest absolute Gasteiger partial charge is 0.164 e. The molecule has 0 radical (unpaired) electrons. The molecule has 0 unspecified atom stereocenters. The Morgan fingerprint density at radius 2 is 1.94 bits per heavy atom. The minimum absolute atomic E-state index is 0.332.